The Morgan fingerprint density at radius 3 is 2.26 bits per heavy atom. The van der Waals surface area contributed by atoms with Gasteiger partial charge in [-0.1, -0.05) is 0 Å². The second kappa shape index (κ2) is 9.51. The molecule has 1 heterocycles. The van der Waals surface area contributed by atoms with Crippen LogP contribution in [0.4, 0.5) is 0 Å². The SMILES string of the molecule is COc1cc(C(=O)NCCN(Cc2ccco2)C(C)=O)cc(OC)c1OC. The van der Waals surface area contributed by atoms with Crippen LogP contribution in [0.15, 0.2) is 34.9 Å². The van der Waals surface area contributed by atoms with Crippen LogP contribution in [-0.2, 0) is 11.3 Å². The van der Waals surface area contributed by atoms with Crippen molar-refractivity contribution in [1.82, 2.24) is 10.2 Å². The van der Waals surface area contributed by atoms with E-state index in [0.29, 0.717) is 41.7 Å². The van der Waals surface area contributed by atoms with Gasteiger partial charge in [0.2, 0.25) is 11.7 Å². The van der Waals surface area contributed by atoms with Gasteiger partial charge in [0.15, 0.2) is 11.5 Å². The first-order valence-electron chi connectivity index (χ1n) is 8.36. The Morgan fingerprint density at radius 1 is 1.11 bits per heavy atom. The Kier molecular flexibility index (Phi) is 7.10. The van der Waals surface area contributed by atoms with Gasteiger partial charge in [-0.05, 0) is 24.3 Å². The van der Waals surface area contributed by atoms with Crippen molar-refractivity contribution in [2.45, 2.75) is 13.5 Å². The summed E-state index contributed by atoms with van der Waals surface area (Å²) in [5, 5.41) is 2.79. The maximum absolute atomic E-state index is 12.5. The number of methoxy groups -OCH3 is 3. The Hall–Kier alpha value is -3.16. The van der Waals surface area contributed by atoms with E-state index in [0.717, 1.165) is 0 Å². The summed E-state index contributed by atoms with van der Waals surface area (Å²) in [4.78, 5) is 25.8. The third kappa shape index (κ3) is 5.16. The van der Waals surface area contributed by atoms with Crippen LogP contribution in [0, 0.1) is 0 Å². The second-order valence-corrected chi connectivity index (χ2v) is 5.69. The van der Waals surface area contributed by atoms with Gasteiger partial charge < -0.3 is 28.8 Å². The number of hydrogen-bond acceptors (Lipinski definition) is 6. The van der Waals surface area contributed by atoms with Gasteiger partial charge in [-0.2, -0.15) is 0 Å². The largest absolute Gasteiger partial charge is 0.493 e. The minimum atomic E-state index is -0.309. The predicted octanol–water partition coefficient (Wildman–Crippen LogP) is 2.08. The summed E-state index contributed by atoms with van der Waals surface area (Å²) in [6.45, 7) is 2.47. The van der Waals surface area contributed by atoms with E-state index in [1.807, 2.05) is 0 Å². The molecule has 0 aliphatic carbocycles. The number of amides is 2. The van der Waals surface area contributed by atoms with E-state index in [1.165, 1.54) is 28.3 Å². The Labute approximate surface area is 158 Å². The number of furan rings is 1. The number of hydrogen-bond donors (Lipinski definition) is 1. The molecule has 0 aliphatic heterocycles. The van der Waals surface area contributed by atoms with E-state index in [4.69, 9.17) is 18.6 Å². The van der Waals surface area contributed by atoms with Crippen molar-refractivity contribution < 1.29 is 28.2 Å². The first-order chi connectivity index (χ1) is 13.0. The van der Waals surface area contributed by atoms with Crippen molar-refractivity contribution in [3.05, 3.63) is 41.9 Å². The molecule has 1 aromatic heterocycles. The Bertz CT molecular complexity index is 748. The zero-order chi connectivity index (χ0) is 19.8. The molecule has 146 valence electrons. The number of carbonyl (C=O) groups excluding carboxylic acids is 2. The van der Waals surface area contributed by atoms with Gasteiger partial charge in [0.25, 0.3) is 5.91 Å². The molecule has 8 heteroatoms. The van der Waals surface area contributed by atoms with Crippen molar-refractivity contribution >= 4 is 11.8 Å². The molecular weight excluding hydrogens is 352 g/mol. The molecule has 8 nitrogen and oxygen atoms in total. The van der Waals surface area contributed by atoms with E-state index < -0.39 is 0 Å². The van der Waals surface area contributed by atoms with Crippen LogP contribution in [0.3, 0.4) is 0 Å². The maximum Gasteiger partial charge on any atom is 0.251 e. The summed E-state index contributed by atoms with van der Waals surface area (Å²) >= 11 is 0. The highest BCUT2D eigenvalue weighted by atomic mass is 16.5. The fourth-order valence-corrected chi connectivity index (χ4v) is 2.56. The lowest BCUT2D eigenvalue weighted by Gasteiger charge is -2.20. The molecule has 0 aliphatic rings. The van der Waals surface area contributed by atoms with Crippen LogP contribution in [0.1, 0.15) is 23.0 Å². The monoisotopic (exact) mass is 376 g/mol. The molecule has 0 bridgehead atoms. The van der Waals surface area contributed by atoms with E-state index in [-0.39, 0.29) is 18.4 Å². The lowest BCUT2D eigenvalue weighted by molar-refractivity contribution is -0.129. The zero-order valence-electron chi connectivity index (χ0n) is 15.9. The Morgan fingerprint density at radius 2 is 1.78 bits per heavy atom. The average molecular weight is 376 g/mol. The molecule has 0 saturated heterocycles. The molecule has 2 rings (SSSR count). The highest BCUT2D eigenvalue weighted by Gasteiger charge is 2.17. The molecule has 0 fully saturated rings. The van der Waals surface area contributed by atoms with Crippen molar-refractivity contribution in [3.8, 4) is 17.2 Å². The van der Waals surface area contributed by atoms with Crippen LogP contribution in [0.25, 0.3) is 0 Å². The molecule has 0 unspecified atom stereocenters. The van der Waals surface area contributed by atoms with E-state index in [9.17, 15) is 9.59 Å². The third-order valence-corrected chi connectivity index (χ3v) is 3.97. The molecule has 27 heavy (non-hydrogen) atoms. The summed E-state index contributed by atoms with van der Waals surface area (Å²) in [7, 11) is 4.46. The normalized spacial score (nSPS) is 10.2. The van der Waals surface area contributed by atoms with Gasteiger partial charge in [0.1, 0.15) is 5.76 Å². The van der Waals surface area contributed by atoms with Crippen LogP contribution < -0.4 is 19.5 Å². The number of rotatable bonds is 9. The number of nitrogens with zero attached hydrogens (tertiary/aromatic N) is 1. The number of ether oxygens (including phenoxy) is 3. The molecular formula is C19H24N2O6. The molecule has 0 radical (unpaired) electrons. The lowest BCUT2D eigenvalue weighted by atomic mass is 10.1. The second-order valence-electron chi connectivity index (χ2n) is 5.69. The van der Waals surface area contributed by atoms with Gasteiger partial charge in [0, 0.05) is 25.6 Å². The van der Waals surface area contributed by atoms with Crippen LogP contribution >= 0.6 is 0 Å². The van der Waals surface area contributed by atoms with Crippen LogP contribution in [0.2, 0.25) is 0 Å². The first kappa shape index (κ1) is 20.2. The number of benzene rings is 1. The number of nitrogens with one attached hydrogen (secondary N) is 1. The standard InChI is InChI=1S/C19H24N2O6/c1-13(22)21(12-15-6-5-9-27-15)8-7-20-19(23)14-10-16(24-2)18(26-4)17(11-14)25-3/h5-6,9-11H,7-8,12H2,1-4H3,(H,20,23). The van der Waals surface area contributed by atoms with Gasteiger partial charge in [-0.25, -0.2) is 0 Å². The fourth-order valence-electron chi connectivity index (χ4n) is 2.56. The van der Waals surface area contributed by atoms with Gasteiger partial charge in [0.05, 0.1) is 34.1 Å². The topological polar surface area (TPSA) is 90.2 Å². The fraction of sp³-hybridized carbons (Fsp3) is 0.368. The summed E-state index contributed by atoms with van der Waals surface area (Å²) in [5.41, 5.74) is 0.366. The highest BCUT2D eigenvalue weighted by Crippen LogP contribution is 2.38. The summed E-state index contributed by atoms with van der Waals surface area (Å²) in [6, 6.07) is 6.70. The van der Waals surface area contributed by atoms with Crippen molar-refractivity contribution in [2.75, 3.05) is 34.4 Å². The van der Waals surface area contributed by atoms with Crippen molar-refractivity contribution in [1.29, 1.82) is 0 Å². The number of carbonyl (C=O) groups is 2. The summed E-state index contributed by atoms with van der Waals surface area (Å²) in [5.74, 6) is 1.47. The molecule has 0 spiro atoms. The maximum atomic E-state index is 12.5. The smallest absolute Gasteiger partial charge is 0.251 e. The quantitative estimate of drug-likeness (QED) is 0.721. The molecule has 2 amide bonds. The predicted molar refractivity (Wildman–Crippen MR) is 98.2 cm³/mol. The molecule has 2 aromatic rings. The third-order valence-electron chi connectivity index (χ3n) is 3.97. The van der Waals surface area contributed by atoms with Crippen LogP contribution in [0.5, 0.6) is 17.2 Å². The van der Waals surface area contributed by atoms with Crippen molar-refractivity contribution in [3.63, 3.8) is 0 Å². The average Bonchev–Trinajstić information content (AvgIpc) is 3.18. The van der Waals surface area contributed by atoms with E-state index in [2.05, 4.69) is 5.32 Å². The minimum Gasteiger partial charge on any atom is -0.493 e. The molecule has 1 aromatic carbocycles. The van der Waals surface area contributed by atoms with E-state index >= 15 is 0 Å². The summed E-state index contributed by atoms with van der Waals surface area (Å²) in [6.07, 6.45) is 1.56. The molecule has 0 saturated carbocycles. The van der Waals surface area contributed by atoms with Gasteiger partial charge in [-0.3, -0.25) is 9.59 Å². The highest BCUT2D eigenvalue weighted by molar-refractivity contribution is 5.95. The van der Waals surface area contributed by atoms with Crippen molar-refractivity contribution in [2.24, 2.45) is 0 Å². The van der Waals surface area contributed by atoms with Gasteiger partial charge in [-0.15, -0.1) is 0 Å². The lowest BCUT2D eigenvalue weighted by Crippen LogP contribution is -2.37. The summed E-state index contributed by atoms with van der Waals surface area (Å²) < 4.78 is 21.0. The molecule has 0 atom stereocenters. The van der Waals surface area contributed by atoms with E-state index in [1.54, 1.807) is 35.4 Å². The van der Waals surface area contributed by atoms with Crippen LogP contribution in [-0.4, -0.2) is 51.1 Å². The molecule has 1 N–H and O–H groups in total. The minimum absolute atomic E-state index is 0.103. The van der Waals surface area contributed by atoms with Gasteiger partial charge >= 0.3 is 0 Å². The Balaban J connectivity index is 2.01. The zero-order valence-corrected chi connectivity index (χ0v) is 15.9. The first-order valence-corrected chi connectivity index (χ1v) is 8.36.